The zero-order chi connectivity index (χ0) is 36.2. The van der Waals surface area contributed by atoms with Crippen molar-refractivity contribution in [3.05, 3.63) is 185 Å². The number of rotatable bonds is 8. The smallest absolute Gasteiger partial charge is 0.0725 e. The second kappa shape index (κ2) is 13.2. The molecule has 0 radical (unpaired) electrons. The number of aryl methyl sites for hydroxylation is 1. The van der Waals surface area contributed by atoms with Crippen molar-refractivity contribution in [2.45, 2.75) is 70.6 Å². The maximum absolute atomic E-state index is 5.08. The van der Waals surface area contributed by atoms with Gasteiger partial charge in [0.15, 0.2) is 0 Å². The van der Waals surface area contributed by atoms with Crippen LogP contribution in [0.2, 0.25) is 0 Å². The van der Waals surface area contributed by atoms with E-state index in [9.17, 15) is 0 Å². The summed E-state index contributed by atoms with van der Waals surface area (Å²) in [6.45, 7) is 9.06. The van der Waals surface area contributed by atoms with Crippen LogP contribution in [0, 0.1) is 0 Å². The first-order valence-electron chi connectivity index (χ1n) is 19.5. The molecule has 0 bridgehead atoms. The normalized spacial score (nSPS) is 13.4. The quantitative estimate of drug-likeness (QED) is 0.145. The summed E-state index contributed by atoms with van der Waals surface area (Å²) in [5.41, 5.74) is 20.4. The summed E-state index contributed by atoms with van der Waals surface area (Å²) in [7, 11) is 0. The van der Waals surface area contributed by atoms with E-state index in [-0.39, 0.29) is 10.8 Å². The van der Waals surface area contributed by atoms with E-state index in [2.05, 4.69) is 173 Å². The molecule has 6 aromatic carbocycles. The fourth-order valence-electron chi connectivity index (χ4n) is 9.01. The van der Waals surface area contributed by atoms with E-state index in [0.717, 1.165) is 23.2 Å². The number of benzene rings is 6. The minimum Gasteiger partial charge on any atom is -0.256 e. The van der Waals surface area contributed by atoms with Gasteiger partial charge in [-0.25, -0.2) is 0 Å². The third-order valence-electron chi connectivity index (χ3n) is 11.8. The average molecular weight is 686 g/mol. The maximum atomic E-state index is 5.08. The van der Waals surface area contributed by atoms with Gasteiger partial charge in [0.2, 0.25) is 0 Å². The van der Waals surface area contributed by atoms with Crippen molar-refractivity contribution >= 4 is 0 Å². The molecule has 53 heavy (non-hydrogen) atoms. The van der Waals surface area contributed by atoms with Crippen LogP contribution in [0.15, 0.2) is 152 Å². The van der Waals surface area contributed by atoms with E-state index in [1.54, 1.807) is 0 Å². The van der Waals surface area contributed by atoms with Gasteiger partial charge >= 0.3 is 0 Å². The lowest BCUT2D eigenvalue weighted by Gasteiger charge is -2.31. The van der Waals surface area contributed by atoms with Crippen LogP contribution in [-0.4, -0.2) is 4.98 Å². The molecule has 260 valence electrons. The second-order valence-corrected chi connectivity index (χ2v) is 16.1. The molecular weight excluding hydrogens is 639 g/mol. The van der Waals surface area contributed by atoms with Gasteiger partial charge in [0, 0.05) is 17.3 Å². The number of pyridine rings is 1. The zero-order valence-electron chi connectivity index (χ0n) is 31.4. The standard InChI is InChI=1S/C52H47N/c1-5-6-7-8-13-35-18-29-44-45-30-25-39(33-49(45)52(48(44)32-35)46-16-11-9-14-42(46)43-15-10-12-17-47(43)52)50-31-26-40(34-53-50)38-21-19-36(20-22-38)37-23-27-41(28-24-37)51(2,3)4/h9-12,14-34H,5-8,13H2,1-4H3. The second-order valence-electron chi connectivity index (χ2n) is 16.1. The number of nitrogens with zero attached hydrogens (tertiary/aromatic N) is 1. The molecule has 9 rings (SSSR count). The Morgan fingerprint density at radius 2 is 1.00 bits per heavy atom. The largest absolute Gasteiger partial charge is 0.256 e. The van der Waals surface area contributed by atoms with Crippen LogP contribution in [0.1, 0.15) is 86.8 Å². The van der Waals surface area contributed by atoms with Gasteiger partial charge in [-0.3, -0.25) is 4.98 Å². The van der Waals surface area contributed by atoms with E-state index >= 15 is 0 Å². The first kappa shape index (κ1) is 33.3. The van der Waals surface area contributed by atoms with E-state index in [1.807, 2.05) is 6.20 Å². The van der Waals surface area contributed by atoms with Crippen molar-refractivity contribution < 1.29 is 0 Å². The fraction of sp³-hybridized carbons (Fsp3) is 0.212. The third-order valence-corrected chi connectivity index (χ3v) is 11.8. The lowest BCUT2D eigenvalue weighted by atomic mass is 9.70. The summed E-state index contributed by atoms with van der Waals surface area (Å²) in [6.07, 6.45) is 8.25. The van der Waals surface area contributed by atoms with E-state index in [1.165, 1.54) is 98.0 Å². The molecule has 0 atom stereocenters. The SMILES string of the molecule is CCCCCCc1ccc2c(c1)C1(c3ccccc3-c3ccccc31)c1cc(-c3ccc(-c4ccc(-c5ccc(C(C)(C)C)cc5)cc4)cn3)ccc1-2. The van der Waals surface area contributed by atoms with Crippen LogP contribution in [0.25, 0.3) is 55.8 Å². The van der Waals surface area contributed by atoms with Crippen molar-refractivity contribution in [2.75, 3.05) is 0 Å². The molecule has 1 aromatic heterocycles. The molecule has 7 aromatic rings. The molecule has 2 aliphatic carbocycles. The highest BCUT2D eigenvalue weighted by atomic mass is 14.7. The highest BCUT2D eigenvalue weighted by Crippen LogP contribution is 2.63. The number of hydrogen-bond donors (Lipinski definition) is 0. The molecule has 0 saturated heterocycles. The number of fused-ring (bicyclic) bond motifs is 10. The Morgan fingerprint density at radius 3 is 1.60 bits per heavy atom. The Hall–Kier alpha value is -5.53. The molecule has 0 fully saturated rings. The van der Waals surface area contributed by atoms with Gasteiger partial charge in [-0.15, -0.1) is 0 Å². The van der Waals surface area contributed by atoms with Crippen LogP contribution in [0.5, 0.6) is 0 Å². The highest BCUT2D eigenvalue weighted by Gasteiger charge is 2.51. The summed E-state index contributed by atoms with van der Waals surface area (Å²) in [5.74, 6) is 0. The van der Waals surface area contributed by atoms with Gasteiger partial charge in [-0.05, 0) is 103 Å². The first-order valence-corrected chi connectivity index (χ1v) is 19.5. The summed E-state index contributed by atoms with van der Waals surface area (Å²) in [4.78, 5) is 5.08. The van der Waals surface area contributed by atoms with Gasteiger partial charge < -0.3 is 0 Å². The molecule has 0 N–H and O–H groups in total. The zero-order valence-corrected chi connectivity index (χ0v) is 31.4. The molecule has 2 aliphatic rings. The predicted molar refractivity (Wildman–Crippen MR) is 223 cm³/mol. The van der Waals surface area contributed by atoms with Crippen LogP contribution >= 0.6 is 0 Å². The molecule has 0 amide bonds. The minimum atomic E-state index is -0.359. The van der Waals surface area contributed by atoms with Crippen molar-refractivity contribution in [3.63, 3.8) is 0 Å². The number of unbranched alkanes of at least 4 members (excludes halogenated alkanes) is 3. The van der Waals surface area contributed by atoms with E-state index < -0.39 is 0 Å². The molecule has 1 nitrogen and oxygen atoms in total. The summed E-state index contributed by atoms with van der Waals surface area (Å²) in [6, 6.07) is 54.8. The Morgan fingerprint density at radius 1 is 0.472 bits per heavy atom. The molecule has 0 saturated carbocycles. The monoisotopic (exact) mass is 685 g/mol. The maximum Gasteiger partial charge on any atom is 0.0725 e. The number of aromatic nitrogens is 1. The Bertz CT molecular complexity index is 2390. The summed E-state index contributed by atoms with van der Waals surface area (Å²) < 4.78 is 0. The molecule has 0 unspecified atom stereocenters. The highest BCUT2D eigenvalue weighted by molar-refractivity contribution is 5.96. The van der Waals surface area contributed by atoms with Gasteiger partial charge in [0.05, 0.1) is 11.1 Å². The fourth-order valence-corrected chi connectivity index (χ4v) is 9.01. The molecule has 1 heteroatoms. The Labute approximate surface area is 315 Å². The summed E-state index contributed by atoms with van der Waals surface area (Å²) >= 11 is 0. The van der Waals surface area contributed by atoms with Crippen LogP contribution in [0.4, 0.5) is 0 Å². The van der Waals surface area contributed by atoms with Gasteiger partial charge in [0.1, 0.15) is 0 Å². The van der Waals surface area contributed by atoms with E-state index in [4.69, 9.17) is 4.98 Å². The van der Waals surface area contributed by atoms with Crippen molar-refractivity contribution in [3.8, 4) is 55.8 Å². The Balaban J connectivity index is 1.08. The molecular formula is C52H47N. The predicted octanol–water partition coefficient (Wildman–Crippen LogP) is 13.8. The summed E-state index contributed by atoms with van der Waals surface area (Å²) in [5, 5.41) is 0. The van der Waals surface area contributed by atoms with Gasteiger partial charge in [-0.2, -0.15) is 0 Å². The Kier molecular flexibility index (Phi) is 8.27. The lowest BCUT2D eigenvalue weighted by Crippen LogP contribution is -2.26. The lowest BCUT2D eigenvalue weighted by molar-refractivity contribution is 0.590. The van der Waals surface area contributed by atoms with Crippen LogP contribution in [-0.2, 0) is 17.3 Å². The first-order chi connectivity index (χ1) is 25.9. The van der Waals surface area contributed by atoms with E-state index in [0.29, 0.717) is 0 Å². The van der Waals surface area contributed by atoms with Crippen LogP contribution < -0.4 is 0 Å². The molecule has 1 heterocycles. The van der Waals surface area contributed by atoms with Gasteiger partial charge in [0.25, 0.3) is 0 Å². The van der Waals surface area contributed by atoms with Crippen molar-refractivity contribution in [1.82, 2.24) is 4.98 Å². The average Bonchev–Trinajstić information content (AvgIpc) is 3.66. The molecule has 0 aliphatic heterocycles. The minimum absolute atomic E-state index is 0.151. The van der Waals surface area contributed by atoms with Crippen LogP contribution in [0.3, 0.4) is 0 Å². The topological polar surface area (TPSA) is 12.9 Å². The third kappa shape index (κ3) is 5.57. The van der Waals surface area contributed by atoms with Crippen molar-refractivity contribution in [2.24, 2.45) is 0 Å². The molecule has 1 spiro atoms. The van der Waals surface area contributed by atoms with Crippen molar-refractivity contribution in [1.29, 1.82) is 0 Å². The number of hydrogen-bond acceptors (Lipinski definition) is 1. The van der Waals surface area contributed by atoms with Gasteiger partial charge in [-0.1, -0.05) is 180 Å².